The SMILES string of the molecule is CC(C)=C(C)C(=O)N1C(C)(C)C(C)(C)C(C)(C)[C@@](C)(n2nc(-c3c(C)c(C)c(Oc4c(C)c(C)c(C)c(C)c4C)c(C)c3C)c3c(N)nc(C)nc32)C1(C)C. The van der Waals surface area contributed by atoms with Gasteiger partial charge in [-0.1, -0.05) is 33.3 Å². The molecular formula is C47H68N6O2. The van der Waals surface area contributed by atoms with Crippen molar-refractivity contribution in [2.24, 2.45) is 10.8 Å². The second kappa shape index (κ2) is 12.9. The molecule has 5 rings (SSSR count). The monoisotopic (exact) mass is 749 g/mol. The molecule has 1 aliphatic heterocycles. The van der Waals surface area contributed by atoms with Crippen molar-refractivity contribution in [1.82, 2.24) is 24.6 Å². The van der Waals surface area contributed by atoms with Crippen LogP contribution in [0.1, 0.15) is 139 Å². The van der Waals surface area contributed by atoms with Gasteiger partial charge < -0.3 is 15.4 Å². The van der Waals surface area contributed by atoms with Crippen molar-refractivity contribution in [3.63, 3.8) is 0 Å². The molecule has 1 fully saturated rings. The molecule has 2 N–H and O–H groups in total. The van der Waals surface area contributed by atoms with Crippen LogP contribution in [-0.4, -0.2) is 41.6 Å². The molecule has 8 heteroatoms. The zero-order chi connectivity index (χ0) is 42.0. The number of nitrogens with two attached hydrogens (primary N) is 1. The Kier molecular flexibility index (Phi) is 9.86. The van der Waals surface area contributed by atoms with Gasteiger partial charge in [-0.05, 0) is 186 Å². The first kappa shape index (κ1) is 42.0. The number of ether oxygens (including phenoxy) is 1. The molecule has 0 unspecified atom stereocenters. The highest BCUT2D eigenvalue weighted by atomic mass is 16.5. The number of amides is 1. The highest BCUT2D eigenvalue weighted by Crippen LogP contribution is 2.67. The lowest BCUT2D eigenvalue weighted by molar-refractivity contribution is -0.239. The number of fused-ring (bicyclic) bond motifs is 1. The zero-order valence-electron chi connectivity index (χ0n) is 38.1. The van der Waals surface area contributed by atoms with Crippen LogP contribution in [0.5, 0.6) is 11.5 Å². The number of hydrogen-bond acceptors (Lipinski definition) is 6. The normalized spacial score (nSPS) is 19.9. The van der Waals surface area contributed by atoms with E-state index in [1.807, 2.05) is 27.7 Å². The van der Waals surface area contributed by atoms with E-state index in [-0.39, 0.29) is 5.91 Å². The Labute approximate surface area is 331 Å². The molecule has 2 aromatic heterocycles. The van der Waals surface area contributed by atoms with Crippen molar-refractivity contribution < 1.29 is 9.53 Å². The Bertz CT molecular complexity index is 2270. The van der Waals surface area contributed by atoms with E-state index < -0.39 is 27.4 Å². The van der Waals surface area contributed by atoms with E-state index in [0.29, 0.717) is 17.3 Å². The number of piperidine rings is 1. The van der Waals surface area contributed by atoms with Crippen LogP contribution >= 0.6 is 0 Å². The van der Waals surface area contributed by atoms with Crippen LogP contribution in [0.25, 0.3) is 22.3 Å². The van der Waals surface area contributed by atoms with Crippen molar-refractivity contribution in [3.8, 4) is 22.8 Å². The first-order valence-electron chi connectivity index (χ1n) is 19.8. The lowest BCUT2D eigenvalue weighted by Gasteiger charge is -2.74. The van der Waals surface area contributed by atoms with Crippen molar-refractivity contribution in [2.75, 3.05) is 5.73 Å². The molecular weight excluding hydrogens is 681 g/mol. The zero-order valence-corrected chi connectivity index (χ0v) is 38.1. The van der Waals surface area contributed by atoms with Crippen molar-refractivity contribution in [1.29, 1.82) is 0 Å². The highest BCUT2D eigenvalue weighted by Gasteiger charge is 2.72. The van der Waals surface area contributed by atoms with Gasteiger partial charge in [0.2, 0.25) is 5.91 Å². The molecule has 0 bridgehead atoms. The number of allylic oxidation sites excluding steroid dienone is 1. The summed E-state index contributed by atoms with van der Waals surface area (Å²) in [6.07, 6.45) is 0. The van der Waals surface area contributed by atoms with Gasteiger partial charge in [-0.15, -0.1) is 0 Å². The summed E-state index contributed by atoms with van der Waals surface area (Å²) in [5.74, 6) is 2.77. The van der Waals surface area contributed by atoms with Crippen molar-refractivity contribution in [3.05, 3.63) is 67.0 Å². The van der Waals surface area contributed by atoms with Crippen LogP contribution in [0.4, 0.5) is 5.82 Å². The summed E-state index contributed by atoms with van der Waals surface area (Å²) in [7, 11) is 0. The number of aryl methyl sites for hydroxylation is 1. The molecule has 0 saturated carbocycles. The largest absolute Gasteiger partial charge is 0.456 e. The Morgan fingerprint density at radius 1 is 0.600 bits per heavy atom. The number of aromatic nitrogens is 4. The molecule has 0 radical (unpaired) electrons. The predicted molar refractivity (Wildman–Crippen MR) is 229 cm³/mol. The van der Waals surface area contributed by atoms with Crippen LogP contribution in [-0.2, 0) is 10.3 Å². The Morgan fingerprint density at radius 2 is 1.04 bits per heavy atom. The summed E-state index contributed by atoms with van der Waals surface area (Å²) >= 11 is 0. The van der Waals surface area contributed by atoms with Crippen LogP contribution in [0.2, 0.25) is 0 Å². The van der Waals surface area contributed by atoms with Gasteiger partial charge in [0.15, 0.2) is 5.65 Å². The number of nitrogen functional groups attached to an aromatic ring is 1. The van der Waals surface area contributed by atoms with Gasteiger partial charge in [0, 0.05) is 16.7 Å². The third-order valence-corrected chi connectivity index (χ3v) is 15.9. The topological polar surface area (TPSA) is 99.2 Å². The summed E-state index contributed by atoms with van der Waals surface area (Å²) in [6, 6.07) is 0. The number of hydrogen-bond donors (Lipinski definition) is 1. The molecule has 4 aromatic rings. The van der Waals surface area contributed by atoms with E-state index in [9.17, 15) is 4.79 Å². The molecule has 8 nitrogen and oxygen atoms in total. The average Bonchev–Trinajstić information content (AvgIpc) is 3.46. The third-order valence-electron chi connectivity index (χ3n) is 15.9. The molecule has 0 spiro atoms. The quantitative estimate of drug-likeness (QED) is 0.204. The number of carbonyl (C=O) groups is 1. The van der Waals surface area contributed by atoms with Gasteiger partial charge in [-0.3, -0.25) is 4.79 Å². The molecule has 0 aliphatic carbocycles. The predicted octanol–water partition coefficient (Wildman–Crippen LogP) is 11.5. The number of carbonyl (C=O) groups excluding carboxylic acids is 1. The van der Waals surface area contributed by atoms with Crippen LogP contribution in [0.15, 0.2) is 11.1 Å². The smallest absolute Gasteiger partial charge is 0.250 e. The van der Waals surface area contributed by atoms with E-state index in [2.05, 4.69) is 134 Å². The maximum atomic E-state index is 14.8. The van der Waals surface area contributed by atoms with Crippen molar-refractivity contribution >= 4 is 22.8 Å². The standard InChI is InChI=1S/C47H68N6O2/c1-23(2)24(3)42(54)52-45(18,19)43(14,15)44(16,17)47(22,46(52,20)21)53-41-36(40(48)49-34(13)50-41)37(51-53)35-28(7)32(11)39(33(12)29(35)8)55-38-30(9)26(5)25(4)27(6)31(38)10/h1-22H3,(H2,48,49,50)/t47-/m1/s1. The van der Waals surface area contributed by atoms with Crippen LogP contribution < -0.4 is 10.5 Å². The summed E-state index contributed by atoms with van der Waals surface area (Å²) < 4.78 is 9.07. The maximum Gasteiger partial charge on any atom is 0.250 e. The minimum atomic E-state index is -0.800. The fourth-order valence-electron chi connectivity index (χ4n) is 9.90. The average molecular weight is 749 g/mol. The van der Waals surface area contributed by atoms with Crippen LogP contribution in [0.3, 0.4) is 0 Å². The fraction of sp³-hybridized carbons (Fsp3) is 0.574. The molecule has 298 valence electrons. The Morgan fingerprint density at radius 3 is 1.49 bits per heavy atom. The van der Waals surface area contributed by atoms with E-state index >= 15 is 0 Å². The third kappa shape index (κ3) is 5.35. The van der Waals surface area contributed by atoms with Gasteiger partial charge in [-0.2, -0.15) is 5.10 Å². The maximum absolute atomic E-state index is 14.8. The second-order valence-corrected chi connectivity index (χ2v) is 19.1. The number of nitrogens with zero attached hydrogens (tertiary/aromatic N) is 5. The van der Waals surface area contributed by atoms with Gasteiger partial charge in [-0.25, -0.2) is 14.6 Å². The summed E-state index contributed by atoms with van der Waals surface area (Å²) in [4.78, 5) is 26.8. The molecule has 55 heavy (non-hydrogen) atoms. The number of anilines is 1. The molecule has 1 aliphatic rings. The summed E-state index contributed by atoms with van der Waals surface area (Å²) in [6.45, 7) is 47.6. The van der Waals surface area contributed by atoms with E-state index in [0.717, 1.165) is 72.7 Å². The summed E-state index contributed by atoms with van der Waals surface area (Å²) in [5, 5.41) is 6.37. The number of rotatable bonds is 5. The molecule has 2 aromatic carbocycles. The lowest BCUT2D eigenvalue weighted by Crippen LogP contribution is -2.82. The Balaban J connectivity index is 1.89. The molecule has 3 heterocycles. The van der Waals surface area contributed by atoms with E-state index in [4.69, 9.17) is 25.5 Å². The number of likely N-dealkylation sites (tertiary alicyclic amines) is 1. The van der Waals surface area contributed by atoms with E-state index in [1.165, 1.54) is 16.7 Å². The second-order valence-electron chi connectivity index (χ2n) is 19.1. The fourth-order valence-corrected chi connectivity index (χ4v) is 9.90. The highest BCUT2D eigenvalue weighted by molar-refractivity contribution is 6.00. The number of benzene rings is 2. The van der Waals surface area contributed by atoms with Gasteiger partial charge in [0.25, 0.3) is 0 Å². The molecule has 1 atom stereocenters. The Hall–Kier alpha value is -4.20. The first-order chi connectivity index (χ1) is 25.0. The van der Waals surface area contributed by atoms with Gasteiger partial charge >= 0.3 is 0 Å². The summed E-state index contributed by atoms with van der Waals surface area (Å²) in [5.41, 5.74) is 18.5. The molecule has 1 saturated heterocycles. The lowest BCUT2D eigenvalue weighted by atomic mass is 9.43. The van der Waals surface area contributed by atoms with Crippen LogP contribution in [0, 0.1) is 80.1 Å². The van der Waals surface area contributed by atoms with Gasteiger partial charge in [0.1, 0.15) is 28.8 Å². The molecule has 1 amide bonds. The minimum Gasteiger partial charge on any atom is -0.456 e. The van der Waals surface area contributed by atoms with Gasteiger partial charge in [0.05, 0.1) is 16.5 Å². The minimum absolute atomic E-state index is 0.0322. The van der Waals surface area contributed by atoms with E-state index in [1.54, 1.807) is 0 Å². The first-order valence-corrected chi connectivity index (χ1v) is 19.8. The van der Waals surface area contributed by atoms with Crippen molar-refractivity contribution in [2.45, 2.75) is 169 Å².